The van der Waals surface area contributed by atoms with Gasteiger partial charge in [0, 0.05) is 12.1 Å². The van der Waals surface area contributed by atoms with E-state index in [1.165, 1.54) is 25.3 Å². The Kier molecular flexibility index (Phi) is 5.07. The summed E-state index contributed by atoms with van der Waals surface area (Å²) in [6.45, 7) is 1.41. The Morgan fingerprint density at radius 2 is 2.26 bits per heavy atom. The minimum absolute atomic E-state index is 0.161. The molecule has 0 aliphatic rings. The molecule has 0 aliphatic heterocycles. The van der Waals surface area contributed by atoms with Gasteiger partial charge >= 0.3 is 6.03 Å². The van der Waals surface area contributed by atoms with Gasteiger partial charge in [-0.3, -0.25) is 10.1 Å². The number of hydrogen-bond donors (Lipinski definition) is 3. The zero-order chi connectivity index (χ0) is 14.4. The zero-order valence-electron chi connectivity index (χ0n) is 10.5. The number of nitrogens with one attached hydrogen (secondary N) is 2. The number of ether oxygens (including phenoxy) is 1. The van der Waals surface area contributed by atoms with Gasteiger partial charge in [0.1, 0.15) is 5.75 Å². The molecular weight excluding hydrogens is 254 g/mol. The molecule has 8 nitrogen and oxygen atoms in total. The predicted molar refractivity (Wildman–Crippen MR) is 68.4 cm³/mol. The monoisotopic (exact) mass is 269 g/mol. The number of rotatable bonds is 5. The number of amides is 2. The molecule has 8 heteroatoms. The Labute approximate surface area is 109 Å². The topological polar surface area (TPSA) is 114 Å². The summed E-state index contributed by atoms with van der Waals surface area (Å²) >= 11 is 0. The molecule has 0 saturated heterocycles. The molecule has 0 aromatic heterocycles. The standard InChI is InChI=1S/C11H15N3O5/c1-7(6-15)12-11(16)13-9-5-8(14(17)18)3-4-10(9)19-2/h3-5,7,15H,6H2,1-2H3,(H2,12,13,16)/t7-/m1/s1. The number of non-ortho nitro benzene ring substituents is 1. The summed E-state index contributed by atoms with van der Waals surface area (Å²) in [6, 6.07) is 2.86. The summed E-state index contributed by atoms with van der Waals surface area (Å²) in [5, 5.41) is 24.4. The van der Waals surface area contributed by atoms with Gasteiger partial charge in [-0.1, -0.05) is 0 Å². The number of anilines is 1. The minimum atomic E-state index is -0.583. The second-order valence-electron chi connectivity index (χ2n) is 3.82. The van der Waals surface area contributed by atoms with Crippen molar-refractivity contribution in [2.75, 3.05) is 19.0 Å². The highest BCUT2D eigenvalue weighted by Gasteiger charge is 2.14. The lowest BCUT2D eigenvalue weighted by atomic mass is 10.2. The predicted octanol–water partition coefficient (Wildman–Crippen LogP) is 1.11. The number of urea groups is 1. The van der Waals surface area contributed by atoms with Crippen molar-refractivity contribution in [1.82, 2.24) is 5.32 Å². The third-order valence-electron chi connectivity index (χ3n) is 2.29. The van der Waals surface area contributed by atoms with Crippen molar-refractivity contribution < 1.29 is 19.6 Å². The average molecular weight is 269 g/mol. The van der Waals surface area contributed by atoms with Crippen LogP contribution in [0.4, 0.5) is 16.2 Å². The van der Waals surface area contributed by atoms with Gasteiger partial charge in [-0.15, -0.1) is 0 Å². The fourth-order valence-electron chi connectivity index (χ4n) is 1.34. The molecule has 0 saturated carbocycles. The van der Waals surface area contributed by atoms with Crippen LogP contribution in [0.3, 0.4) is 0 Å². The number of aliphatic hydroxyl groups excluding tert-OH is 1. The van der Waals surface area contributed by atoms with Crippen LogP contribution in [0.5, 0.6) is 5.75 Å². The first kappa shape index (κ1) is 14.7. The summed E-state index contributed by atoms with van der Waals surface area (Å²) < 4.78 is 5.00. The van der Waals surface area contributed by atoms with Crippen LogP contribution in [0.2, 0.25) is 0 Å². The Balaban J connectivity index is 2.88. The average Bonchev–Trinajstić information content (AvgIpc) is 2.38. The molecule has 0 bridgehead atoms. The highest BCUT2D eigenvalue weighted by atomic mass is 16.6. The molecule has 19 heavy (non-hydrogen) atoms. The van der Waals surface area contributed by atoms with E-state index in [0.717, 1.165) is 0 Å². The van der Waals surface area contributed by atoms with Crippen LogP contribution in [0, 0.1) is 10.1 Å². The van der Waals surface area contributed by atoms with Gasteiger partial charge in [0.15, 0.2) is 0 Å². The first-order chi connectivity index (χ1) is 8.97. The van der Waals surface area contributed by atoms with E-state index in [-0.39, 0.29) is 18.0 Å². The van der Waals surface area contributed by atoms with E-state index in [2.05, 4.69) is 10.6 Å². The Bertz CT molecular complexity index is 477. The molecule has 2 amide bonds. The molecule has 1 atom stereocenters. The van der Waals surface area contributed by atoms with Crippen LogP contribution in [-0.4, -0.2) is 35.8 Å². The number of nitro benzene ring substituents is 1. The molecule has 104 valence electrons. The first-order valence-electron chi connectivity index (χ1n) is 5.48. The number of carbonyl (C=O) groups is 1. The molecule has 0 heterocycles. The summed E-state index contributed by atoms with van der Waals surface area (Å²) in [5.74, 6) is 0.303. The highest BCUT2D eigenvalue weighted by molar-refractivity contribution is 5.91. The third-order valence-corrected chi connectivity index (χ3v) is 2.29. The lowest BCUT2D eigenvalue weighted by Crippen LogP contribution is -2.38. The number of hydrogen-bond acceptors (Lipinski definition) is 5. The van der Waals surface area contributed by atoms with Crippen molar-refractivity contribution in [3.05, 3.63) is 28.3 Å². The van der Waals surface area contributed by atoms with Gasteiger partial charge < -0.3 is 20.5 Å². The fraction of sp³-hybridized carbons (Fsp3) is 0.364. The smallest absolute Gasteiger partial charge is 0.319 e. The van der Waals surface area contributed by atoms with E-state index in [0.29, 0.717) is 5.75 Å². The van der Waals surface area contributed by atoms with Gasteiger partial charge in [0.25, 0.3) is 5.69 Å². The van der Waals surface area contributed by atoms with Gasteiger partial charge in [-0.05, 0) is 13.0 Å². The Morgan fingerprint density at radius 3 is 2.79 bits per heavy atom. The van der Waals surface area contributed by atoms with Crippen LogP contribution in [-0.2, 0) is 0 Å². The van der Waals surface area contributed by atoms with Crippen LogP contribution in [0.1, 0.15) is 6.92 Å². The Hall–Kier alpha value is -2.35. The highest BCUT2D eigenvalue weighted by Crippen LogP contribution is 2.28. The van der Waals surface area contributed by atoms with Crippen LogP contribution < -0.4 is 15.4 Å². The molecule has 0 fully saturated rings. The van der Waals surface area contributed by atoms with E-state index >= 15 is 0 Å². The van der Waals surface area contributed by atoms with Crippen LogP contribution >= 0.6 is 0 Å². The quantitative estimate of drug-likeness (QED) is 0.547. The maximum absolute atomic E-state index is 11.6. The fourth-order valence-corrected chi connectivity index (χ4v) is 1.34. The molecule has 0 spiro atoms. The van der Waals surface area contributed by atoms with E-state index in [9.17, 15) is 14.9 Å². The van der Waals surface area contributed by atoms with Crippen molar-refractivity contribution in [2.24, 2.45) is 0 Å². The molecule has 0 radical (unpaired) electrons. The number of benzene rings is 1. The van der Waals surface area contributed by atoms with Gasteiger partial charge in [0.05, 0.1) is 30.4 Å². The maximum atomic E-state index is 11.6. The molecule has 1 aromatic carbocycles. The van der Waals surface area contributed by atoms with E-state index in [1.807, 2.05) is 0 Å². The molecule has 1 aromatic rings. The first-order valence-corrected chi connectivity index (χ1v) is 5.48. The third kappa shape index (κ3) is 4.11. The Morgan fingerprint density at radius 1 is 1.58 bits per heavy atom. The maximum Gasteiger partial charge on any atom is 0.319 e. The number of carbonyl (C=O) groups excluding carboxylic acids is 1. The van der Waals surface area contributed by atoms with E-state index in [4.69, 9.17) is 9.84 Å². The minimum Gasteiger partial charge on any atom is -0.495 e. The van der Waals surface area contributed by atoms with Gasteiger partial charge in [0.2, 0.25) is 0 Å². The summed E-state index contributed by atoms with van der Waals surface area (Å²) in [6.07, 6.45) is 0. The second-order valence-corrected chi connectivity index (χ2v) is 3.82. The van der Waals surface area contributed by atoms with Crippen molar-refractivity contribution >= 4 is 17.4 Å². The summed E-state index contributed by atoms with van der Waals surface area (Å²) in [5.41, 5.74) is 0.0191. The SMILES string of the molecule is COc1ccc([N+](=O)[O-])cc1NC(=O)N[C@H](C)CO. The largest absolute Gasteiger partial charge is 0.495 e. The van der Waals surface area contributed by atoms with Crippen molar-refractivity contribution in [1.29, 1.82) is 0 Å². The van der Waals surface area contributed by atoms with Crippen molar-refractivity contribution in [3.8, 4) is 5.75 Å². The molecule has 0 unspecified atom stereocenters. The van der Waals surface area contributed by atoms with Crippen LogP contribution in [0.15, 0.2) is 18.2 Å². The number of methoxy groups -OCH3 is 1. The van der Waals surface area contributed by atoms with Crippen LogP contribution in [0.25, 0.3) is 0 Å². The lowest BCUT2D eigenvalue weighted by Gasteiger charge is -2.13. The summed E-state index contributed by atoms with van der Waals surface area (Å²) in [7, 11) is 1.39. The van der Waals surface area contributed by atoms with E-state index in [1.54, 1.807) is 6.92 Å². The number of aliphatic hydroxyl groups is 1. The summed E-state index contributed by atoms with van der Waals surface area (Å²) in [4.78, 5) is 21.7. The van der Waals surface area contributed by atoms with Crippen molar-refractivity contribution in [3.63, 3.8) is 0 Å². The van der Waals surface area contributed by atoms with Crippen molar-refractivity contribution in [2.45, 2.75) is 13.0 Å². The lowest BCUT2D eigenvalue weighted by molar-refractivity contribution is -0.384. The zero-order valence-corrected chi connectivity index (χ0v) is 10.5. The van der Waals surface area contributed by atoms with E-state index < -0.39 is 17.0 Å². The molecule has 1 rings (SSSR count). The molecular formula is C11H15N3O5. The number of nitrogens with zero attached hydrogens (tertiary/aromatic N) is 1. The number of nitro groups is 1. The van der Waals surface area contributed by atoms with Gasteiger partial charge in [-0.25, -0.2) is 4.79 Å². The second kappa shape index (κ2) is 6.55. The normalized spacial score (nSPS) is 11.5. The van der Waals surface area contributed by atoms with Gasteiger partial charge in [-0.2, -0.15) is 0 Å². The molecule has 0 aliphatic carbocycles. The molecule has 3 N–H and O–H groups in total.